The van der Waals surface area contributed by atoms with E-state index in [4.69, 9.17) is 16.0 Å². The molecule has 0 radical (unpaired) electrons. The van der Waals surface area contributed by atoms with Gasteiger partial charge in [-0.1, -0.05) is 32.4 Å². The van der Waals surface area contributed by atoms with Crippen molar-refractivity contribution in [2.45, 2.75) is 37.3 Å². The zero-order chi connectivity index (χ0) is 19.9. The molecule has 11 heteroatoms. The van der Waals surface area contributed by atoms with Crippen molar-refractivity contribution in [2.75, 3.05) is 12.3 Å². The minimum Gasteiger partial charge on any atom is -0.439 e. The largest absolute Gasteiger partial charge is 0.439 e. The lowest BCUT2D eigenvalue weighted by Crippen LogP contribution is -2.37. The van der Waals surface area contributed by atoms with E-state index in [9.17, 15) is 26.4 Å². The van der Waals surface area contributed by atoms with E-state index < -0.39 is 44.5 Å². The Labute approximate surface area is 152 Å². The molecule has 1 aromatic carbocycles. The number of sulfone groups is 1. The van der Waals surface area contributed by atoms with Crippen LogP contribution in [0.2, 0.25) is 5.02 Å². The number of aromatic nitrogens is 1. The Kier molecular flexibility index (Phi) is 5.31. The molecular formula is C15H16ClF3N2O4S. The van der Waals surface area contributed by atoms with Crippen LogP contribution in [0.3, 0.4) is 0 Å². The standard InChI is InChI=1S/C15H16ClF3N2O4S/c1-14(2,3)13-21-9-5-4-8(16)12(11(9)25-13)26(23,24)6-10(22)20-7-15(17,18)19/h4-5H,6-7H2,1-3H3,(H,20,22). The predicted octanol–water partition coefficient (Wildman–Crippen LogP) is 3.23. The number of hydrogen-bond acceptors (Lipinski definition) is 5. The van der Waals surface area contributed by atoms with Crippen LogP contribution >= 0.6 is 11.6 Å². The number of hydrogen-bond donors (Lipinski definition) is 1. The number of nitrogens with zero attached hydrogens (tertiary/aromatic N) is 1. The maximum Gasteiger partial charge on any atom is 0.405 e. The van der Waals surface area contributed by atoms with Crippen molar-refractivity contribution in [3.63, 3.8) is 0 Å². The number of nitrogens with one attached hydrogen (secondary N) is 1. The molecule has 0 saturated heterocycles. The van der Waals surface area contributed by atoms with E-state index in [0.717, 1.165) is 0 Å². The number of fused-ring (bicyclic) bond motifs is 1. The molecule has 0 spiro atoms. The third-order valence-electron chi connectivity index (χ3n) is 3.22. The van der Waals surface area contributed by atoms with Gasteiger partial charge in [0, 0.05) is 5.41 Å². The van der Waals surface area contributed by atoms with Gasteiger partial charge in [0.2, 0.25) is 11.8 Å². The fourth-order valence-corrected chi connectivity index (χ4v) is 3.94. The van der Waals surface area contributed by atoms with Crippen LogP contribution in [0, 0.1) is 0 Å². The van der Waals surface area contributed by atoms with Gasteiger partial charge in [-0.25, -0.2) is 13.4 Å². The first-order valence-electron chi connectivity index (χ1n) is 7.36. The van der Waals surface area contributed by atoms with Gasteiger partial charge in [0.15, 0.2) is 15.4 Å². The second kappa shape index (κ2) is 6.73. The molecule has 0 aliphatic heterocycles. The van der Waals surface area contributed by atoms with Gasteiger partial charge in [-0.15, -0.1) is 0 Å². The number of carbonyl (C=O) groups excluding carboxylic acids is 1. The van der Waals surface area contributed by atoms with Gasteiger partial charge in [-0.2, -0.15) is 13.2 Å². The van der Waals surface area contributed by atoms with Crippen LogP contribution in [0.25, 0.3) is 11.1 Å². The average Bonchev–Trinajstić information content (AvgIpc) is 2.87. The van der Waals surface area contributed by atoms with Gasteiger partial charge in [0.1, 0.15) is 22.7 Å². The van der Waals surface area contributed by atoms with Gasteiger partial charge >= 0.3 is 6.18 Å². The van der Waals surface area contributed by atoms with Crippen molar-refractivity contribution in [3.8, 4) is 0 Å². The minimum absolute atomic E-state index is 0.133. The fraction of sp³-hybridized carbons (Fsp3) is 0.467. The number of alkyl halides is 3. The first-order chi connectivity index (χ1) is 11.7. The summed E-state index contributed by atoms with van der Waals surface area (Å²) in [6, 6.07) is 2.73. The summed E-state index contributed by atoms with van der Waals surface area (Å²) >= 11 is 5.97. The van der Waals surface area contributed by atoms with Crippen LogP contribution in [-0.4, -0.2) is 37.8 Å². The second-order valence-corrected chi connectivity index (χ2v) is 8.98. The Morgan fingerprint density at radius 3 is 2.42 bits per heavy atom. The Bertz CT molecular complexity index is 946. The zero-order valence-corrected chi connectivity index (χ0v) is 15.6. The highest BCUT2D eigenvalue weighted by atomic mass is 35.5. The van der Waals surface area contributed by atoms with Gasteiger partial charge in [-0.3, -0.25) is 4.79 Å². The molecule has 6 nitrogen and oxygen atoms in total. The highest BCUT2D eigenvalue weighted by Crippen LogP contribution is 2.34. The Balaban J connectivity index is 2.42. The SMILES string of the molecule is CC(C)(C)c1nc2ccc(Cl)c(S(=O)(=O)CC(=O)NCC(F)(F)F)c2o1. The molecule has 1 heterocycles. The summed E-state index contributed by atoms with van der Waals surface area (Å²) in [5.41, 5.74) is -0.434. The Hall–Kier alpha value is -1.81. The van der Waals surface area contributed by atoms with Gasteiger partial charge in [0.25, 0.3) is 0 Å². The van der Waals surface area contributed by atoms with E-state index >= 15 is 0 Å². The lowest BCUT2D eigenvalue weighted by Gasteiger charge is -2.12. The van der Waals surface area contributed by atoms with E-state index in [0.29, 0.717) is 0 Å². The van der Waals surface area contributed by atoms with Crippen molar-refractivity contribution in [1.29, 1.82) is 0 Å². The van der Waals surface area contributed by atoms with E-state index in [1.807, 2.05) is 0 Å². The first-order valence-corrected chi connectivity index (χ1v) is 9.39. The highest BCUT2D eigenvalue weighted by Gasteiger charge is 2.32. The summed E-state index contributed by atoms with van der Waals surface area (Å²) in [6.45, 7) is 3.78. The highest BCUT2D eigenvalue weighted by molar-refractivity contribution is 7.92. The normalized spacial score (nSPS) is 13.2. The molecule has 0 saturated carbocycles. The Morgan fingerprint density at radius 2 is 1.88 bits per heavy atom. The van der Waals surface area contributed by atoms with Crippen LogP contribution in [0.4, 0.5) is 13.2 Å². The Morgan fingerprint density at radius 1 is 1.27 bits per heavy atom. The van der Waals surface area contributed by atoms with E-state index in [2.05, 4.69) is 4.98 Å². The molecule has 0 aliphatic rings. The van der Waals surface area contributed by atoms with Crippen LogP contribution in [0.1, 0.15) is 26.7 Å². The zero-order valence-electron chi connectivity index (χ0n) is 14.1. The molecule has 2 aromatic rings. The maximum absolute atomic E-state index is 12.5. The van der Waals surface area contributed by atoms with Crippen LogP contribution in [-0.2, 0) is 20.0 Å². The number of amides is 1. The van der Waals surface area contributed by atoms with Crippen molar-refractivity contribution in [1.82, 2.24) is 10.3 Å². The summed E-state index contributed by atoms with van der Waals surface area (Å²) in [5.74, 6) is -2.24. The smallest absolute Gasteiger partial charge is 0.405 e. The summed E-state index contributed by atoms with van der Waals surface area (Å²) in [6.07, 6.45) is -4.65. The van der Waals surface area contributed by atoms with Gasteiger partial charge in [0.05, 0.1) is 5.02 Å². The van der Waals surface area contributed by atoms with E-state index in [1.54, 1.807) is 20.8 Å². The van der Waals surface area contributed by atoms with Gasteiger partial charge in [-0.05, 0) is 12.1 Å². The number of oxazole rings is 1. The molecule has 0 atom stereocenters. The number of benzene rings is 1. The molecule has 1 amide bonds. The fourth-order valence-electron chi connectivity index (χ4n) is 2.05. The predicted molar refractivity (Wildman–Crippen MR) is 88.8 cm³/mol. The average molecular weight is 413 g/mol. The van der Waals surface area contributed by atoms with Gasteiger partial charge < -0.3 is 9.73 Å². The molecular weight excluding hydrogens is 397 g/mol. The first kappa shape index (κ1) is 20.5. The lowest BCUT2D eigenvalue weighted by molar-refractivity contribution is -0.137. The minimum atomic E-state index is -4.65. The van der Waals surface area contributed by atoms with Crippen molar-refractivity contribution in [3.05, 3.63) is 23.0 Å². The van der Waals surface area contributed by atoms with Crippen molar-refractivity contribution >= 4 is 38.4 Å². The molecule has 1 N–H and O–H groups in total. The second-order valence-electron chi connectivity index (χ2n) is 6.64. The topological polar surface area (TPSA) is 89.3 Å². The maximum atomic E-state index is 12.5. The third-order valence-corrected chi connectivity index (χ3v) is 5.32. The van der Waals surface area contributed by atoms with Crippen LogP contribution in [0.15, 0.2) is 21.4 Å². The molecule has 1 aromatic heterocycles. The number of carbonyl (C=O) groups is 1. The van der Waals surface area contributed by atoms with Crippen LogP contribution < -0.4 is 5.32 Å². The number of halogens is 4. The number of rotatable bonds is 4. The van der Waals surface area contributed by atoms with Crippen molar-refractivity contribution in [2.24, 2.45) is 0 Å². The molecule has 0 unspecified atom stereocenters. The molecule has 0 fully saturated rings. The monoisotopic (exact) mass is 412 g/mol. The lowest BCUT2D eigenvalue weighted by atomic mass is 9.97. The van der Waals surface area contributed by atoms with E-state index in [-0.39, 0.29) is 22.0 Å². The molecule has 0 aliphatic carbocycles. The molecule has 0 bridgehead atoms. The molecule has 26 heavy (non-hydrogen) atoms. The van der Waals surface area contributed by atoms with E-state index in [1.165, 1.54) is 17.4 Å². The quantitative estimate of drug-likeness (QED) is 0.832. The summed E-state index contributed by atoms with van der Waals surface area (Å²) < 4.78 is 67.1. The molecule has 2 rings (SSSR count). The third kappa shape index (κ3) is 4.67. The summed E-state index contributed by atoms with van der Waals surface area (Å²) in [5, 5.41) is 1.30. The summed E-state index contributed by atoms with van der Waals surface area (Å²) in [4.78, 5) is 15.3. The molecule has 144 valence electrons. The van der Waals surface area contributed by atoms with Crippen LogP contribution in [0.5, 0.6) is 0 Å². The van der Waals surface area contributed by atoms with Crippen molar-refractivity contribution < 1.29 is 30.8 Å². The summed E-state index contributed by atoms with van der Waals surface area (Å²) in [7, 11) is -4.36.